The molecule has 0 spiro atoms. The van der Waals surface area contributed by atoms with Crippen molar-refractivity contribution in [1.29, 1.82) is 0 Å². The summed E-state index contributed by atoms with van der Waals surface area (Å²) in [5.41, 5.74) is 3.30. The molecule has 2 aliphatic heterocycles. The summed E-state index contributed by atoms with van der Waals surface area (Å²) < 4.78 is 29.6. The first-order valence-corrected chi connectivity index (χ1v) is 13.6. The van der Waals surface area contributed by atoms with Crippen molar-refractivity contribution in [2.45, 2.75) is 38.6 Å². The molecule has 1 aromatic heterocycles. The zero-order valence-electron chi connectivity index (χ0n) is 20.6. The summed E-state index contributed by atoms with van der Waals surface area (Å²) in [6.45, 7) is 2.22. The number of fused-ring (bicyclic) bond motifs is 4. The fourth-order valence-electron chi connectivity index (χ4n) is 5.11. The van der Waals surface area contributed by atoms with Gasteiger partial charge in [-0.3, -0.25) is 14.6 Å². The topological polar surface area (TPSA) is 62.3 Å². The van der Waals surface area contributed by atoms with Crippen LogP contribution in [0.3, 0.4) is 0 Å². The van der Waals surface area contributed by atoms with Crippen LogP contribution in [0.5, 0.6) is 0 Å². The van der Waals surface area contributed by atoms with Crippen LogP contribution < -0.4 is 5.32 Å². The maximum Gasteiger partial charge on any atom is 0.247 e. The summed E-state index contributed by atoms with van der Waals surface area (Å²) in [5.74, 6) is -1.64. The number of halogens is 4. The van der Waals surface area contributed by atoms with E-state index in [1.807, 2.05) is 13.0 Å². The van der Waals surface area contributed by atoms with E-state index in [-0.39, 0.29) is 28.8 Å². The lowest BCUT2D eigenvalue weighted by atomic mass is 9.92. The number of benzene rings is 2. The Morgan fingerprint density at radius 2 is 1.92 bits per heavy atom. The highest BCUT2D eigenvalue weighted by Crippen LogP contribution is 2.38. The van der Waals surface area contributed by atoms with Crippen molar-refractivity contribution in [2.24, 2.45) is 5.92 Å². The molecule has 0 saturated heterocycles. The molecule has 0 aliphatic carbocycles. The Bertz CT molecular complexity index is 1460. The number of nitrogens with one attached hydrogen (secondary N) is 1. The van der Waals surface area contributed by atoms with Crippen molar-refractivity contribution >= 4 is 50.6 Å². The zero-order chi connectivity index (χ0) is 27.0. The number of pyridine rings is 1. The highest BCUT2D eigenvalue weighted by Gasteiger charge is 2.31. The van der Waals surface area contributed by atoms with Crippen LogP contribution in [0, 0.1) is 17.6 Å². The standard InChI is InChI=1S/C29H25BrClF2N3O2/c1-16-3-2-4-25(36-12-10-18(14-26(36)37)27-21(30)6-7-22(31)28(27)33)24-13-17(9-11-34-24)20-15-19(32)5-8-23(20)35-29(16)38/h5-9,11,13-16,25H,2-4,10,12H2,1H3,(H,35,38)/t16-,25+/m1/s1. The molecular formula is C29H25BrClF2N3O2. The van der Waals surface area contributed by atoms with Gasteiger partial charge in [-0.05, 0) is 72.9 Å². The van der Waals surface area contributed by atoms with Gasteiger partial charge in [0.25, 0.3) is 0 Å². The molecule has 38 heavy (non-hydrogen) atoms. The van der Waals surface area contributed by atoms with Crippen molar-refractivity contribution in [3.63, 3.8) is 0 Å². The van der Waals surface area contributed by atoms with Gasteiger partial charge in [-0.15, -0.1) is 0 Å². The highest BCUT2D eigenvalue weighted by atomic mass is 79.9. The Morgan fingerprint density at radius 3 is 2.71 bits per heavy atom. The largest absolute Gasteiger partial charge is 0.330 e. The van der Waals surface area contributed by atoms with Crippen LogP contribution in [0.4, 0.5) is 14.5 Å². The monoisotopic (exact) mass is 599 g/mol. The Hall–Kier alpha value is -3.10. The van der Waals surface area contributed by atoms with Gasteiger partial charge in [0.1, 0.15) is 11.6 Å². The fraction of sp³-hybridized carbons (Fsp3) is 0.276. The number of aromatic nitrogens is 1. The van der Waals surface area contributed by atoms with Gasteiger partial charge in [0, 0.05) is 46.0 Å². The lowest BCUT2D eigenvalue weighted by Gasteiger charge is -2.34. The molecule has 2 amide bonds. The van der Waals surface area contributed by atoms with Crippen molar-refractivity contribution in [3.05, 3.63) is 87.1 Å². The zero-order valence-corrected chi connectivity index (χ0v) is 23.0. The number of anilines is 1. The normalized spacial score (nSPS) is 20.1. The smallest absolute Gasteiger partial charge is 0.247 e. The van der Waals surface area contributed by atoms with E-state index in [0.717, 1.165) is 0 Å². The minimum Gasteiger partial charge on any atom is -0.330 e. The predicted molar refractivity (Wildman–Crippen MR) is 147 cm³/mol. The number of hydrogen-bond donors (Lipinski definition) is 1. The molecule has 196 valence electrons. The second-order valence-electron chi connectivity index (χ2n) is 9.67. The highest BCUT2D eigenvalue weighted by molar-refractivity contribution is 9.10. The van der Waals surface area contributed by atoms with E-state index in [2.05, 4.69) is 26.2 Å². The number of nitrogens with zero attached hydrogens (tertiary/aromatic N) is 2. The lowest BCUT2D eigenvalue weighted by molar-refractivity contribution is -0.129. The van der Waals surface area contributed by atoms with Gasteiger partial charge < -0.3 is 10.2 Å². The summed E-state index contributed by atoms with van der Waals surface area (Å²) in [4.78, 5) is 32.6. The second kappa shape index (κ2) is 10.9. The van der Waals surface area contributed by atoms with Crippen LogP contribution in [0.25, 0.3) is 16.7 Å². The molecule has 0 radical (unpaired) electrons. The van der Waals surface area contributed by atoms with E-state index in [1.54, 1.807) is 29.3 Å². The van der Waals surface area contributed by atoms with Crippen molar-refractivity contribution in [2.75, 3.05) is 11.9 Å². The van der Waals surface area contributed by atoms with E-state index in [4.69, 9.17) is 11.6 Å². The Morgan fingerprint density at radius 1 is 1.11 bits per heavy atom. The lowest BCUT2D eigenvalue weighted by Crippen LogP contribution is -2.38. The average molecular weight is 601 g/mol. The van der Waals surface area contributed by atoms with Crippen LogP contribution in [0.1, 0.15) is 49.9 Å². The number of carbonyl (C=O) groups excluding carboxylic acids is 2. The Kier molecular flexibility index (Phi) is 7.63. The van der Waals surface area contributed by atoms with E-state index in [0.29, 0.717) is 70.3 Å². The van der Waals surface area contributed by atoms with Crippen LogP contribution in [0.2, 0.25) is 5.02 Å². The molecule has 1 N–H and O–H groups in total. The number of carbonyl (C=O) groups is 2. The minimum absolute atomic E-state index is 0.00538. The number of hydrogen-bond acceptors (Lipinski definition) is 3. The van der Waals surface area contributed by atoms with Crippen molar-refractivity contribution in [3.8, 4) is 11.1 Å². The van der Waals surface area contributed by atoms with Gasteiger partial charge in [-0.2, -0.15) is 0 Å². The summed E-state index contributed by atoms with van der Waals surface area (Å²) in [6.07, 6.45) is 5.43. The Labute approximate surface area is 233 Å². The third-order valence-corrected chi connectivity index (χ3v) is 8.13. The van der Waals surface area contributed by atoms with Crippen LogP contribution in [0.15, 0.2) is 59.2 Å². The van der Waals surface area contributed by atoms with Crippen LogP contribution in [-0.2, 0) is 9.59 Å². The van der Waals surface area contributed by atoms with Crippen molar-refractivity contribution < 1.29 is 18.4 Å². The van der Waals surface area contributed by atoms with Gasteiger partial charge in [-0.1, -0.05) is 40.9 Å². The van der Waals surface area contributed by atoms with E-state index < -0.39 is 11.6 Å². The van der Waals surface area contributed by atoms with Gasteiger partial charge in [-0.25, -0.2) is 8.78 Å². The number of amides is 2. The molecule has 2 bridgehead atoms. The van der Waals surface area contributed by atoms with E-state index in [1.165, 1.54) is 24.3 Å². The molecule has 9 heteroatoms. The average Bonchev–Trinajstić information content (AvgIpc) is 2.90. The molecule has 2 atom stereocenters. The maximum atomic E-state index is 14.8. The van der Waals surface area contributed by atoms with E-state index in [9.17, 15) is 18.4 Å². The van der Waals surface area contributed by atoms with E-state index >= 15 is 0 Å². The SMILES string of the molecule is C[C@@H]1CCC[C@H](N2CCC(c3c(Br)ccc(Cl)c3F)=CC2=O)c2cc(ccn2)-c2cc(F)ccc2NC1=O. The maximum absolute atomic E-state index is 14.8. The molecule has 5 rings (SSSR count). The summed E-state index contributed by atoms with van der Waals surface area (Å²) in [6, 6.07) is 10.6. The molecular weight excluding hydrogens is 576 g/mol. The third-order valence-electron chi connectivity index (χ3n) is 7.18. The minimum atomic E-state index is -0.563. The molecule has 0 fully saturated rings. The quantitative estimate of drug-likeness (QED) is 0.309. The fourth-order valence-corrected chi connectivity index (χ4v) is 5.83. The van der Waals surface area contributed by atoms with Crippen LogP contribution in [-0.4, -0.2) is 28.2 Å². The predicted octanol–water partition coefficient (Wildman–Crippen LogP) is 7.56. The summed E-state index contributed by atoms with van der Waals surface area (Å²) in [5, 5.41) is 2.93. The second-order valence-corrected chi connectivity index (χ2v) is 10.9. The first kappa shape index (κ1) is 26.5. The molecule has 3 aromatic rings. The molecule has 0 saturated carbocycles. The molecule has 2 aromatic carbocycles. The van der Waals surface area contributed by atoms with Gasteiger partial charge in [0.15, 0.2) is 0 Å². The van der Waals surface area contributed by atoms with Crippen molar-refractivity contribution in [1.82, 2.24) is 9.88 Å². The first-order chi connectivity index (χ1) is 18.2. The van der Waals surface area contributed by atoms with Gasteiger partial charge in [0.05, 0.1) is 16.8 Å². The molecule has 3 heterocycles. The van der Waals surface area contributed by atoms with Gasteiger partial charge in [0.2, 0.25) is 11.8 Å². The molecule has 2 aliphatic rings. The first-order valence-electron chi connectivity index (χ1n) is 12.4. The van der Waals surface area contributed by atoms with Crippen LogP contribution >= 0.6 is 27.5 Å². The Balaban J connectivity index is 1.54. The van der Waals surface area contributed by atoms with Gasteiger partial charge >= 0.3 is 0 Å². The third kappa shape index (κ3) is 5.24. The summed E-state index contributed by atoms with van der Waals surface area (Å²) >= 11 is 9.39. The molecule has 5 nitrogen and oxygen atoms in total. The number of rotatable bonds is 2. The molecule has 0 unspecified atom stereocenters. The summed E-state index contributed by atoms with van der Waals surface area (Å²) in [7, 11) is 0.